The molecule has 0 bridgehead atoms. The summed E-state index contributed by atoms with van der Waals surface area (Å²) in [6, 6.07) is 21.1. The lowest BCUT2D eigenvalue weighted by atomic mass is 9.94. The Labute approximate surface area is 135 Å². The number of nitro groups is 1. The molecule has 0 N–H and O–H groups in total. The number of hydrogen-bond donors (Lipinski definition) is 0. The van der Waals surface area contributed by atoms with Crippen molar-refractivity contribution < 1.29 is 4.92 Å². The van der Waals surface area contributed by atoms with Crippen LogP contribution in [0.25, 0.3) is 22.3 Å². The topological polar surface area (TPSA) is 43.1 Å². The molecule has 0 fully saturated rings. The van der Waals surface area contributed by atoms with Crippen molar-refractivity contribution in [3.8, 4) is 22.3 Å². The summed E-state index contributed by atoms with van der Waals surface area (Å²) >= 11 is 0. The molecule has 0 amide bonds. The van der Waals surface area contributed by atoms with Crippen molar-refractivity contribution >= 4 is 5.69 Å². The van der Waals surface area contributed by atoms with Crippen LogP contribution < -0.4 is 0 Å². The van der Waals surface area contributed by atoms with Gasteiger partial charge in [-0.1, -0.05) is 54.6 Å². The highest BCUT2D eigenvalue weighted by molar-refractivity contribution is 5.81. The Hall–Kier alpha value is -2.94. The van der Waals surface area contributed by atoms with E-state index in [1.807, 2.05) is 74.5 Å². The predicted molar refractivity (Wildman–Crippen MR) is 93.4 cm³/mol. The van der Waals surface area contributed by atoms with Gasteiger partial charge in [-0.05, 0) is 47.7 Å². The lowest BCUT2D eigenvalue weighted by Crippen LogP contribution is -1.94. The van der Waals surface area contributed by atoms with Gasteiger partial charge in [-0.2, -0.15) is 0 Å². The van der Waals surface area contributed by atoms with Crippen LogP contribution in [0.3, 0.4) is 0 Å². The number of hydrogen-bond acceptors (Lipinski definition) is 2. The fourth-order valence-corrected chi connectivity index (χ4v) is 2.85. The zero-order chi connectivity index (χ0) is 16.4. The first-order valence-corrected chi connectivity index (χ1v) is 7.48. The molecule has 3 nitrogen and oxygen atoms in total. The van der Waals surface area contributed by atoms with Gasteiger partial charge in [-0.25, -0.2) is 0 Å². The third-order valence-corrected chi connectivity index (χ3v) is 4.09. The molecule has 0 atom stereocenters. The first-order chi connectivity index (χ1) is 11.1. The second kappa shape index (κ2) is 6.05. The summed E-state index contributed by atoms with van der Waals surface area (Å²) in [5.41, 5.74) is 5.71. The smallest absolute Gasteiger partial charge is 0.258 e. The molecule has 0 saturated carbocycles. The minimum atomic E-state index is -0.302. The average molecular weight is 303 g/mol. The second-order valence-electron chi connectivity index (χ2n) is 5.62. The van der Waals surface area contributed by atoms with E-state index in [9.17, 15) is 10.1 Å². The SMILES string of the molecule is Cc1ccccc1-c1ccc(-c2ccccc2C)c([N+](=O)[O-])c1. The largest absolute Gasteiger partial charge is 0.277 e. The molecule has 23 heavy (non-hydrogen) atoms. The summed E-state index contributed by atoms with van der Waals surface area (Å²) in [5, 5.41) is 11.6. The van der Waals surface area contributed by atoms with Gasteiger partial charge in [0.1, 0.15) is 0 Å². The zero-order valence-corrected chi connectivity index (χ0v) is 13.1. The van der Waals surface area contributed by atoms with Gasteiger partial charge in [0.25, 0.3) is 5.69 Å². The van der Waals surface area contributed by atoms with Gasteiger partial charge in [0.2, 0.25) is 0 Å². The Balaban J connectivity index is 2.20. The van der Waals surface area contributed by atoms with E-state index in [0.717, 1.165) is 27.8 Å². The number of nitro benzene ring substituents is 1. The summed E-state index contributed by atoms with van der Waals surface area (Å²) in [4.78, 5) is 11.3. The monoisotopic (exact) mass is 303 g/mol. The first-order valence-electron chi connectivity index (χ1n) is 7.48. The molecule has 0 aliphatic rings. The molecule has 3 heteroatoms. The van der Waals surface area contributed by atoms with Crippen LogP contribution in [-0.2, 0) is 0 Å². The molecule has 3 rings (SSSR count). The molecule has 3 aromatic carbocycles. The predicted octanol–water partition coefficient (Wildman–Crippen LogP) is 5.55. The van der Waals surface area contributed by atoms with Crippen molar-refractivity contribution in [2.24, 2.45) is 0 Å². The minimum Gasteiger partial charge on any atom is -0.258 e. The van der Waals surface area contributed by atoms with E-state index >= 15 is 0 Å². The standard InChI is InChI=1S/C20H17NO2/c1-14-7-3-5-9-17(14)16-11-12-19(20(13-16)21(22)23)18-10-6-4-8-15(18)2/h3-13H,1-2H3. The van der Waals surface area contributed by atoms with Crippen LogP contribution in [0.2, 0.25) is 0 Å². The molecule has 0 spiro atoms. The second-order valence-corrected chi connectivity index (χ2v) is 5.62. The molecule has 114 valence electrons. The van der Waals surface area contributed by atoms with Gasteiger partial charge >= 0.3 is 0 Å². The maximum Gasteiger partial charge on any atom is 0.277 e. The van der Waals surface area contributed by atoms with E-state index in [0.29, 0.717) is 5.56 Å². The Kier molecular flexibility index (Phi) is 3.94. The Morgan fingerprint density at radius 1 is 0.739 bits per heavy atom. The average Bonchev–Trinajstić information content (AvgIpc) is 2.55. The van der Waals surface area contributed by atoms with E-state index < -0.39 is 0 Å². The highest BCUT2D eigenvalue weighted by Gasteiger charge is 2.18. The summed E-state index contributed by atoms with van der Waals surface area (Å²) in [6.07, 6.45) is 0. The van der Waals surface area contributed by atoms with Crippen molar-refractivity contribution in [1.29, 1.82) is 0 Å². The van der Waals surface area contributed by atoms with Crippen molar-refractivity contribution in [3.05, 3.63) is 88.0 Å². The number of benzene rings is 3. The number of rotatable bonds is 3. The highest BCUT2D eigenvalue weighted by atomic mass is 16.6. The van der Waals surface area contributed by atoms with Gasteiger partial charge in [-0.3, -0.25) is 10.1 Å². The van der Waals surface area contributed by atoms with Crippen molar-refractivity contribution in [2.45, 2.75) is 13.8 Å². The summed E-state index contributed by atoms with van der Waals surface area (Å²) in [5.74, 6) is 0. The summed E-state index contributed by atoms with van der Waals surface area (Å²) in [7, 11) is 0. The van der Waals surface area contributed by atoms with Crippen LogP contribution >= 0.6 is 0 Å². The number of aryl methyl sites for hydroxylation is 2. The van der Waals surface area contributed by atoms with Crippen LogP contribution in [0.5, 0.6) is 0 Å². The highest BCUT2D eigenvalue weighted by Crippen LogP contribution is 2.36. The molecule has 0 aliphatic carbocycles. The van der Waals surface area contributed by atoms with E-state index in [4.69, 9.17) is 0 Å². The van der Waals surface area contributed by atoms with Gasteiger partial charge < -0.3 is 0 Å². The van der Waals surface area contributed by atoms with Crippen LogP contribution in [0.4, 0.5) is 5.69 Å². The van der Waals surface area contributed by atoms with E-state index in [-0.39, 0.29) is 10.6 Å². The van der Waals surface area contributed by atoms with E-state index in [2.05, 4.69) is 0 Å². The van der Waals surface area contributed by atoms with Crippen LogP contribution in [0.1, 0.15) is 11.1 Å². The molecule has 0 aliphatic heterocycles. The summed E-state index contributed by atoms with van der Waals surface area (Å²) in [6.45, 7) is 3.98. The number of nitrogens with zero attached hydrogens (tertiary/aromatic N) is 1. The molecule has 0 aromatic heterocycles. The van der Waals surface area contributed by atoms with Crippen molar-refractivity contribution in [1.82, 2.24) is 0 Å². The zero-order valence-electron chi connectivity index (χ0n) is 13.1. The van der Waals surface area contributed by atoms with Gasteiger partial charge in [0.05, 0.1) is 10.5 Å². The van der Waals surface area contributed by atoms with Gasteiger partial charge in [0.15, 0.2) is 0 Å². The van der Waals surface area contributed by atoms with Crippen molar-refractivity contribution in [3.63, 3.8) is 0 Å². The lowest BCUT2D eigenvalue weighted by Gasteiger charge is -2.10. The lowest BCUT2D eigenvalue weighted by molar-refractivity contribution is -0.384. The van der Waals surface area contributed by atoms with Crippen molar-refractivity contribution in [2.75, 3.05) is 0 Å². The first kappa shape index (κ1) is 15.0. The van der Waals surface area contributed by atoms with Gasteiger partial charge in [-0.15, -0.1) is 0 Å². The molecule has 0 heterocycles. The van der Waals surface area contributed by atoms with Crippen LogP contribution in [0, 0.1) is 24.0 Å². The fraction of sp³-hybridized carbons (Fsp3) is 0.100. The molecule has 0 saturated heterocycles. The maximum absolute atomic E-state index is 11.6. The third kappa shape index (κ3) is 2.86. The van der Waals surface area contributed by atoms with E-state index in [1.54, 1.807) is 6.07 Å². The fourth-order valence-electron chi connectivity index (χ4n) is 2.85. The van der Waals surface area contributed by atoms with Crippen LogP contribution in [0.15, 0.2) is 66.7 Å². The molecule has 0 radical (unpaired) electrons. The van der Waals surface area contributed by atoms with Gasteiger partial charge in [0, 0.05) is 6.07 Å². The molecule has 3 aromatic rings. The minimum absolute atomic E-state index is 0.139. The maximum atomic E-state index is 11.6. The summed E-state index contributed by atoms with van der Waals surface area (Å²) < 4.78 is 0. The third-order valence-electron chi connectivity index (χ3n) is 4.09. The molecule has 0 unspecified atom stereocenters. The Bertz CT molecular complexity index is 884. The molecular weight excluding hydrogens is 286 g/mol. The Morgan fingerprint density at radius 3 is 1.87 bits per heavy atom. The quantitative estimate of drug-likeness (QED) is 0.470. The normalized spacial score (nSPS) is 10.5. The molecular formula is C20H17NO2. The van der Waals surface area contributed by atoms with Crippen LogP contribution in [-0.4, -0.2) is 4.92 Å². The Morgan fingerprint density at radius 2 is 1.30 bits per heavy atom. The van der Waals surface area contributed by atoms with E-state index in [1.165, 1.54) is 0 Å².